The summed E-state index contributed by atoms with van der Waals surface area (Å²) < 4.78 is 50.0. The van der Waals surface area contributed by atoms with Crippen LogP contribution >= 0.6 is 0 Å². The summed E-state index contributed by atoms with van der Waals surface area (Å²) in [4.78, 5) is 21.2. The SMILES string of the molecule is NC(=O)C(=O)NCc1ccc(F)c(C(F)(F)F)c1. The molecule has 2 amide bonds. The van der Waals surface area contributed by atoms with Crippen molar-refractivity contribution in [3.05, 3.63) is 35.1 Å². The molecule has 0 saturated heterocycles. The summed E-state index contributed by atoms with van der Waals surface area (Å²) in [6.07, 6.45) is -4.83. The Bertz CT molecular complexity index is 485. The van der Waals surface area contributed by atoms with Gasteiger partial charge in [-0.15, -0.1) is 0 Å². The maximum Gasteiger partial charge on any atom is 0.419 e. The molecular formula is C10H8F4N2O2. The number of halogens is 4. The molecular weight excluding hydrogens is 256 g/mol. The fraction of sp³-hybridized carbons (Fsp3) is 0.200. The number of benzene rings is 1. The molecule has 0 heterocycles. The van der Waals surface area contributed by atoms with E-state index in [1.165, 1.54) is 0 Å². The third kappa shape index (κ3) is 3.44. The number of alkyl halides is 3. The van der Waals surface area contributed by atoms with Gasteiger partial charge >= 0.3 is 18.0 Å². The second-order valence-corrected chi connectivity index (χ2v) is 3.36. The molecule has 3 N–H and O–H groups in total. The van der Waals surface area contributed by atoms with Crippen LogP contribution in [0.2, 0.25) is 0 Å². The van der Waals surface area contributed by atoms with Crippen LogP contribution in [0.15, 0.2) is 18.2 Å². The summed E-state index contributed by atoms with van der Waals surface area (Å²) in [5, 5.41) is 1.99. The Labute approximate surface area is 98.8 Å². The normalized spacial score (nSPS) is 11.1. The molecule has 0 aliphatic carbocycles. The second-order valence-electron chi connectivity index (χ2n) is 3.36. The van der Waals surface area contributed by atoms with Crippen molar-refractivity contribution < 1.29 is 27.2 Å². The van der Waals surface area contributed by atoms with Crippen LogP contribution in [0.5, 0.6) is 0 Å². The summed E-state index contributed by atoms with van der Waals surface area (Å²) in [6, 6.07) is 2.25. The van der Waals surface area contributed by atoms with Crippen molar-refractivity contribution in [1.82, 2.24) is 5.32 Å². The molecule has 0 atom stereocenters. The number of primary amides is 1. The summed E-state index contributed by atoms with van der Waals surface area (Å²) in [5.74, 6) is -3.80. The molecule has 1 rings (SSSR count). The molecule has 0 unspecified atom stereocenters. The van der Waals surface area contributed by atoms with Gasteiger partial charge in [-0.25, -0.2) is 4.39 Å². The van der Waals surface area contributed by atoms with Crippen LogP contribution < -0.4 is 11.1 Å². The summed E-state index contributed by atoms with van der Waals surface area (Å²) in [6.45, 7) is -0.356. The highest BCUT2D eigenvalue weighted by atomic mass is 19.4. The number of amides is 2. The molecule has 0 aliphatic rings. The molecule has 0 radical (unpaired) electrons. The first-order chi connectivity index (χ1) is 8.21. The Hall–Kier alpha value is -2.12. The van der Waals surface area contributed by atoms with Crippen molar-refractivity contribution in [3.8, 4) is 0 Å². The number of carbonyl (C=O) groups excluding carboxylic acids is 2. The fourth-order valence-electron chi connectivity index (χ4n) is 1.17. The zero-order chi connectivity index (χ0) is 13.9. The average molecular weight is 264 g/mol. The van der Waals surface area contributed by atoms with E-state index in [-0.39, 0.29) is 12.1 Å². The Morgan fingerprint density at radius 1 is 1.28 bits per heavy atom. The first-order valence-corrected chi connectivity index (χ1v) is 4.65. The smallest absolute Gasteiger partial charge is 0.361 e. The minimum Gasteiger partial charge on any atom is -0.361 e. The highest BCUT2D eigenvalue weighted by Crippen LogP contribution is 2.31. The van der Waals surface area contributed by atoms with Gasteiger partial charge in [-0.2, -0.15) is 13.2 Å². The standard InChI is InChI=1S/C10H8F4N2O2/c11-7-2-1-5(3-6(7)10(12,13)14)4-16-9(18)8(15)17/h1-3H,4H2,(H2,15,17)(H,16,18). The van der Waals surface area contributed by atoms with Crippen LogP contribution in [0.3, 0.4) is 0 Å². The van der Waals surface area contributed by atoms with Gasteiger partial charge in [0.15, 0.2) is 0 Å². The number of nitrogens with two attached hydrogens (primary N) is 1. The zero-order valence-electron chi connectivity index (χ0n) is 8.84. The topological polar surface area (TPSA) is 72.2 Å². The molecule has 0 fully saturated rings. The molecule has 1 aromatic rings. The molecule has 4 nitrogen and oxygen atoms in total. The van der Waals surface area contributed by atoms with Crippen molar-refractivity contribution >= 4 is 11.8 Å². The molecule has 0 spiro atoms. The molecule has 0 saturated carbocycles. The van der Waals surface area contributed by atoms with E-state index in [0.29, 0.717) is 12.1 Å². The van der Waals surface area contributed by atoms with Gasteiger partial charge in [0, 0.05) is 6.54 Å². The molecule has 18 heavy (non-hydrogen) atoms. The van der Waals surface area contributed by atoms with Crippen molar-refractivity contribution in [2.75, 3.05) is 0 Å². The van der Waals surface area contributed by atoms with Crippen molar-refractivity contribution in [3.63, 3.8) is 0 Å². The number of nitrogens with one attached hydrogen (secondary N) is 1. The number of carbonyl (C=O) groups is 2. The van der Waals surface area contributed by atoms with Crippen LogP contribution in [-0.2, 0) is 22.3 Å². The molecule has 1 aromatic carbocycles. The number of rotatable bonds is 2. The summed E-state index contributed by atoms with van der Waals surface area (Å²) >= 11 is 0. The maximum absolute atomic E-state index is 12.9. The van der Waals surface area contributed by atoms with E-state index in [9.17, 15) is 27.2 Å². The van der Waals surface area contributed by atoms with E-state index in [4.69, 9.17) is 0 Å². The summed E-state index contributed by atoms with van der Waals surface area (Å²) in [5.41, 5.74) is 3.19. The Kier molecular flexibility index (Phi) is 3.89. The van der Waals surface area contributed by atoms with Gasteiger partial charge in [-0.1, -0.05) is 6.07 Å². The number of hydrogen-bond acceptors (Lipinski definition) is 2. The first kappa shape index (κ1) is 13.9. The van der Waals surface area contributed by atoms with E-state index >= 15 is 0 Å². The Morgan fingerprint density at radius 2 is 1.89 bits per heavy atom. The van der Waals surface area contributed by atoms with Gasteiger partial charge in [0.05, 0.1) is 5.56 Å². The molecule has 8 heteroatoms. The number of hydrogen-bond donors (Lipinski definition) is 2. The van der Waals surface area contributed by atoms with Gasteiger partial charge in [0.25, 0.3) is 0 Å². The summed E-state index contributed by atoms with van der Waals surface area (Å²) in [7, 11) is 0. The first-order valence-electron chi connectivity index (χ1n) is 4.65. The largest absolute Gasteiger partial charge is 0.419 e. The zero-order valence-corrected chi connectivity index (χ0v) is 8.84. The van der Waals surface area contributed by atoms with E-state index in [1.807, 2.05) is 5.32 Å². The lowest BCUT2D eigenvalue weighted by Crippen LogP contribution is -2.35. The van der Waals surface area contributed by atoms with Crippen LogP contribution in [0.1, 0.15) is 11.1 Å². The highest BCUT2D eigenvalue weighted by molar-refractivity contribution is 6.34. The maximum atomic E-state index is 12.9. The lowest BCUT2D eigenvalue weighted by Gasteiger charge is -2.10. The molecule has 0 aromatic heterocycles. The Morgan fingerprint density at radius 3 is 2.39 bits per heavy atom. The van der Waals surface area contributed by atoms with E-state index in [1.54, 1.807) is 0 Å². The third-order valence-corrected chi connectivity index (χ3v) is 2.01. The monoisotopic (exact) mass is 264 g/mol. The van der Waals surface area contributed by atoms with Gasteiger partial charge in [0.1, 0.15) is 5.82 Å². The minimum absolute atomic E-state index is 0.00155. The minimum atomic E-state index is -4.83. The van der Waals surface area contributed by atoms with Gasteiger partial charge < -0.3 is 11.1 Å². The van der Waals surface area contributed by atoms with Crippen LogP contribution in [0, 0.1) is 5.82 Å². The van der Waals surface area contributed by atoms with Crippen molar-refractivity contribution in [2.24, 2.45) is 5.73 Å². The van der Waals surface area contributed by atoms with Gasteiger partial charge in [-0.3, -0.25) is 9.59 Å². The van der Waals surface area contributed by atoms with Crippen molar-refractivity contribution in [2.45, 2.75) is 12.7 Å². The lowest BCUT2D eigenvalue weighted by molar-refractivity contribution is -0.140. The fourth-order valence-corrected chi connectivity index (χ4v) is 1.17. The molecule has 0 bridgehead atoms. The predicted molar refractivity (Wildman–Crippen MR) is 52.4 cm³/mol. The van der Waals surface area contributed by atoms with E-state index in [2.05, 4.69) is 5.73 Å². The quantitative estimate of drug-likeness (QED) is 0.616. The van der Waals surface area contributed by atoms with Crippen LogP contribution in [0.25, 0.3) is 0 Å². The average Bonchev–Trinajstić information content (AvgIpc) is 2.25. The molecule has 98 valence electrons. The Balaban J connectivity index is 2.86. The third-order valence-electron chi connectivity index (χ3n) is 2.01. The lowest BCUT2D eigenvalue weighted by atomic mass is 10.1. The second kappa shape index (κ2) is 5.03. The van der Waals surface area contributed by atoms with Gasteiger partial charge in [0.2, 0.25) is 0 Å². The highest BCUT2D eigenvalue weighted by Gasteiger charge is 2.34. The van der Waals surface area contributed by atoms with E-state index in [0.717, 1.165) is 6.07 Å². The van der Waals surface area contributed by atoms with Gasteiger partial charge in [-0.05, 0) is 17.7 Å². The van der Waals surface area contributed by atoms with E-state index < -0.39 is 29.4 Å². The molecule has 0 aliphatic heterocycles. The van der Waals surface area contributed by atoms with Crippen LogP contribution in [-0.4, -0.2) is 11.8 Å². The van der Waals surface area contributed by atoms with Crippen molar-refractivity contribution in [1.29, 1.82) is 0 Å². The predicted octanol–water partition coefficient (Wildman–Crippen LogP) is 0.946. The van der Waals surface area contributed by atoms with Crippen LogP contribution in [0.4, 0.5) is 17.6 Å².